The summed E-state index contributed by atoms with van der Waals surface area (Å²) in [5.74, 6) is 2.73. The molecule has 19 heavy (non-hydrogen) atoms. The normalized spacial score (nSPS) is 9.89. The highest BCUT2D eigenvalue weighted by Crippen LogP contribution is 2.24. The van der Waals surface area contributed by atoms with Crippen molar-refractivity contribution in [2.24, 2.45) is 0 Å². The van der Waals surface area contributed by atoms with Crippen LogP contribution in [0.15, 0.2) is 48.5 Å². The first kappa shape index (κ1) is 13.2. The lowest BCUT2D eigenvalue weighted by atomic mass is 10.00. The van der Waals surface area contributed by atoms with Crippen LogP contribution in [0, 0.1) is 12.3 Å². The molecule has 0 aliphatic heterocycles. The summed E-state index contributed by atoms with van der Waals surface area (Å²) in [7, 11) is 0. The average Bonchev–Trinajstić information content (AvgIpc) is 2.48. The number of benzene rings is 2. The van der Waals surface area contributed by atoms with Crippen LogP contribution in [-0.2, 0) is 0 Å². The van der Waals surface area contributed by atoms with Gasteiger partial charge in [-0.2, -0.15) is 0 Å². The molecule has 0 spiro atoms. The van der Waals surface area contributed by atoms with Crippen molar-refractivity contribution in [3.05, 3.63) is 54.1 Å². The summed E-state index contributed by atoms with van der Waals surface area (Å²) in [4.78, 5) is 0. The zero-order valence-electron chi connectivity index (χ0n) is 11.3. The van der Waals surface area contributed by atoms with Crippen molar-refractivity contribution in [1.29, 1.82) is 0 Å². The van der Waals surface area contributed by atoms with Crippen LogP contribution in [-0.4, -0.2) is 6.54 Å². The van der Waals surface area contributed by atoms with Crippen molar-refractivity contribution in [2.75, 3.05) is 11.9 Å². The molecule has 0 aliphatic rings. The highest BCUT2D eigenvalue weighted by atomic mass is 14.9. The van der Waals surface area contributed by atoms with E-state index in [1.165, 1.54) is 12.8 Å². The second kappa shape index (κ2) is 6.66. The van der Waals surface area contributed by atoms with E-state index in [0.717, 1.165) is 28.9 Å². The molecular weight excluding hydrogens is 230 g/mol. The minimum Gasteiger partial charge on any atom is -0.385 e. The van der Waals surface area contributed by atoms with Gasteiger partial charge in [-0.1, -0.05) is 49.6 Å². The molecule has 0 saturated carbocycles. The Balaban J connectivity index is 2.16. The first-order valence-corrected chi connectivity index (χ1v) is 6.75. The summed E-state index contributed by atoms with van der Waals surface area (Å²) in [6, 6.07) is 16.5. The third-order valence-corrected chi connectivity index (χ3v) is 3.14. The van der Waals surface area contributed by atoms with Crippen molar-refractivity contribution in [2.45, 2.75) is 19.8 Å². The number of rotatable bonds is 5. The Hall–Kier alpha value is -2.20. The van der Waals surface area contributed by atoms with Gasteiger partial charge in [-0.05, 0) is 35.7 Å². The van der Waals surface area contributed by atoms with Crippen LogP contribution in [0.2, 0.25) is 0 Å². The van der Waals surface area contributed by atoms with E-state index in [9.17, 15) is 0 Å². The Morgan fingerprint density at radius 3 is 2.47 bits per heavy atom. The minimum atomic E-state index is 0.939. The fourth-order valence-electron chi connectivity index (χ4n) is 2.04. The highest BCUT2D eigenvalue weighted by Gasteiger charge is 2.02. The molecule has 2 aromatic rings. The predicted molar refractivity (Wildman–Crippen MR) is 83.2 cm³/mol. The van der Waals surface area contributed by atoms with E-state index < -0.39 is 0 Å². The van der Waals surface area contributed by atoms with Gasteiger partial charge < -0.3 is 5.32 Å². The number of hydrogen-bond acceptors (Lipinski definition) is 1. The molecule has 1 N–H and O–H groups in total. The monoisotopic (exact) mass is 249 g/mol. The molecule has 2 rings (SSSR count). The van der Waals surface area contributed by atoms with Crippen molar-refractivity contribution >= 4 is 5.69 Å². The van der Waals surface area contributed by atoms with Gasteiger partial charge >= 0.3 is 0 Å². The molecule has 0 unspecified atom stereocenters. The van der Waals surface area contributed by atoms with Crippen molar-refractivity contribution in [3.8, 4) is 23.5 Å². The zero-order chi connectivity index (χ0) is 13.5. The number of hydrogen-bond donors (Lipinski definition) is 1. The summed E-state index contributed by atoms with van der Waals surface area (Å²) >= 11 is 0. The minimum absolute atomic E-state index is 0.939. The first-order valence-electron chi connectivity index (χ1n) is 6.75. The van der Waals surface area contributed by atoms with Crippen LogP contribution < -0.4 is 5.32 Å². The summed E-state index contributed by atoms with van der Waals surface area (Å²) < 4.78 is 0. The van der Waals surface area contributed by atoms with E-state index in [1.54, 1.807) is 0 Å². The molecule has 2 aromatic carbocycles. The van der Waals surface area contributed by atoms with Gasteiger partial charge in [0.05, 0.1) is 0 Å². The van der Waals surface area contributed by atoms with E-state index in [4.69, 9.17) is 6.42 Å². The quantitative estimate of drug-likeness (QED) is 0.605. The predicted octanol–water partition coefficient (Wildman–Crippen LogP) is 4.55. The molecule has 0 saturated heterocycles. The molecule has 0 atom stereocenters. The Labute approximate surface area is 115 Å². The van der Waals surface area contributed by atoms with Crippen molar-refractivity contribution in [1.82, 2.24) is 0 Å². The molecule has 1 heteroatoms. The zero-order valence-corrected chi connectivity index (χ0v) is 11.3. The van der Waals surface area contributed by atoms with Crippen LogP contribution in [0.1, 0.15) is 25.3 Å². The van der Waals surface area contributed by atoms with E-state index in [1.807, 2.05) is 18.2 Å². The Bertz CT molecular complexity index is 561. The van der Waals surface area contributed by atoms with Crippen LogP contribution in [0.4, 0.5) is 5.69 Å². The standard InChI is InChI=1S/C18H19N/c1-3-5-14-19-17-12-10-16(11-13-17)18-9-7-6-8-15(18)4-2/h2,6-13,19H,3,5,14H2,1H3. The lowest BCUT2D eigenvalue weighted by Crippen LogP contribution is -2.00. The van der Waals surface area contributed by atoms with Crippen molar-refractivity contribution < 1.29 is 0 Å². The Morgan fingerprint density at radius 2 is 1.79 bits per heavy atom. The number of unbranched alkanes of at least 4 members (excludes halogenated alkanes) is 1. The van der Waals surface area contributed by atoms with E-state index in [2.05, 4.69) is 48.5 Å². The van der Waals surface area contributed by atoms with Gasteiger partial charge in [-0.3, -0.25) is 0 Å². The summed E-state index contributed by atoms with van der Waals surface area (Å²) in [5.41, 5.74) is 4.38. The number of nitrogens with one attached hydrogen (secondary N) is 1. The van der Waals surface area contributed by atoms with Gasteiger partial charge in [0.1, 0.15) is 0 Å². The van der Waals surface area contributed by atoms with Gasteiger partial charge in [0.15, 0.2) is 0 Å². The molecule has 0 amide bonds. The summed E-state index contributed by atoms with van der Waals surface area (Å²) in [6.07, 6.45) is 7.94. The second-order valence-corrected chi connectivity index (χ2v) is 4.55. The van der Waals surface area contributed by atoms with Crippen LogP contribution in [0.3, 0.4) is 0 Å². The summed E-state index contributed by atoms with van der Waals surface area (Å²) in [6.45, 7) is 3.22. The Kier molecular flexibility index (Phi) is 4.64. The molecule has 0 aliphatic carbocycles. The lowest BCUT2D eigenvalue weighted by molar-refractivity contribution is 0.834. The van der Waals surface area contributed by atoms with Gasteiger partial charge in [-0.15, -0.1) is 6.42 Å². The topological polar surface area (TPSA) is 12.0 Å². The molecule has 0 aromatic heterocycles. The molecule has 1 nitrogen and oxygen atoms in total. The summed E-state index contributed by atoms with van der Waals surface area (Å²) in [5, 5.41) is 3.41. The molecular formula is C18H19N. The molecule has 0 fully saturated rings. The third kappa shape index (κ3) is 3.39. The molecule has 96 valence electrons. The lowest BCUT2D eigenvalue weighted by Gasteiger charge is -2.08. The van der Waals surface area contributed by atoms with Crippen LogP contribution >= 0.6 is 0 Å². The van der Waals surface area contributed by atoms with Gasteiger partial charge in [0.25, 0.3) is 0 Å². The largest absolute Gasteiger partial charge is 0.385 e. The van der Waals surface area contributed by atoms with Gasteiger partial charge in [-0.25, -0.2) is 0 Å². The second-order valence-electron chi connectivity index (χ2n) is 4.55. The van der Waals surface area contributed by atoms with Gasteiger partial charge in [0.2, 0.25) is 0 Å². The Morgan fingerprint density at radius 1 is 1.05 bits per heavy atom. The van der Waals surface area contributed by atoms with E-state index in [0.29, 0.717) is 0 Å². The maximum Gasteiger partial charge on any atom is 0.0340 e. The van der Waals surface area contributed by atoms with Crippen molar-refractivity contribution in [3.63, 3.8) is 0 Å². The smallest absolute Gasteiger partial charge is 0.0340 e. The average molecular weight is 249 g/mol. The molecule has 0 radical (unpaired) electrons. The fraction of sp³-hybridized carbons (Fsp3) is 0.222. The van der Waals surface area contributed by atoms with E-state index >= 15 is 0 Å². The fourth-order valence-corrected chi connectivity index (χ4v) is 2.04. The number of terminal acetylenes is 1. The van der Waals surface area contributed by atoms with Crippen LogP contribution in [0.5, 0.6) is 0 Å². The first-order chi connectivity index (χ1) is 9.35. The molecule has 0 bridgehead atoms. The molecule has 0 heterocycles. The SMILES string of the molecule is C#Cc1ccccc1-c1ccc(NCCCC)cc1. The van der Waals surface area contributed by atoms with Gasteiger partial charge in [0, 0.05) is 17.8 Å². The van der Waals surface area contributed by atoms with Crippen LogP contribution in [0.25, 0.3) is 11.1 Å². The van der Waals surface area contributed by atoms with E-state index in [-0.39, 0.29) is 0 Å². The highest BCUT2D eigenvalue weighted by molar-refractivity contribution is 5.72. The maximum atomic E-state index is 5.54. The number of anilines is 1. The third-order valence-electron chi connectivity index (χ3n) is 3.14. The maximum absolute atomic E-state index is 5.54.